The highest BCUT2D eigenvalue weighted by atomic mass is 19.4. The fraction of sp³-hybridized carbons (Fsp3) is 0.300. The van der Waals surface area contributed by atoms with Crippen molar-refractivity contribution < 1.29 is 27.5 Å². The van der Waals surface area contributed by atoms with Crippen LogP contribution < -0.4 is 10.2 Å². The minimum absolute atomic E-state index is 0.0381. The van der Waals surface area contributed by atoms with Crippen LogP contribution in [-0.2, 0) is 20.5 Å². The summed E-state index contributed by atoms with van der Waals surface area (Å²) in [6.45, 7) is 2.69. The standard InChI is InChI=1S/C20H20F3N3O3/c21-20(22,23)16-2-1-3-17(12-16)25-19(27)14-29-24-13-15-4-6-18(7-5-15)26-8-10-28-11-9-26/h1-7,12-13H,8-11,14H2,(H,25,27)/b24-13+. The summed E-state index contributed by atoms with van der Waals surface area (Å²) in [6, 6.07) is 12.1. The molecule has 1 saturated heterocycles. The van der Waals surface area contributed by atoms with Crippen LogP contribution in [-0.4, -0.2) is 45.0 Å². The van der Waals surface area contributed by atoms with Gasteiger partial charge in [-0.05, 0) is 35.9 Å². The van der Waals surface area contributed by atoms with E-state index in [1.54, 1.807) is 0 Å². The molecule has 3 rings (SSSR count). The third-order valence-corrected chi connectivity index (χ3v) is 4.21. The van der Waals surface area contributed by atoms with E-state index >= 15 is 0 Å². The van der Waals surface area contributed by atoms with Gasteiger partial charge >= 0.3 is 6.18 Å². The lowest BCUT2D eigenvalue weighted by molar-refractivity contribution is -0.137. The van der Waals surface area contributed by atoms with Gasteiger partial charge in [0.15, 0.2) is 6.61 Å². The van der Waals surface area contributed by atoms with Gasteiger partial charge in [0.2, 0.25) is 0 Å². The Morgan fingerprint density at radius 3 is 2.59 bits per heavy atom. The summed E-state index contributed by atoms with van der Waals surface area (Å²) in [5.41, 5.74) is 1.08. The second-order valence-corrected chi connectivity index (χ2v) is 6.33. The van der Waals surface area contributed by atoms with Crippen LogP contribution in [0.2, 0.25) is 0 Å². The van der Waals surface area contributed by atoms with Crippen LogP contribution in [0.25, 0.3) is 0 Å². The first-order chi connectivity index (χ1) is 13.9. The largest absolute Gasteiger partial charge is 0.416 e. The van der Waals surface area contributed by atoms with Gasteiger partial charge in [-0.15, -0.1) is 0 Å². The summed E-state index contributed by atoms with van der Waals surface area (Å²) in [5, 5.41) is 6.07. The minimum Gasteiger partial charge on any atom is -0.386 e. The molecule has 0 saturated carbocycles. The average Bonchev–Trinajstić information content (AvgIpc) is 2.72. The van der Waals surface area contributed by atoms with Gasteiger partial charge in [-0.1, -0.05) is 23.4 Å². The lowest BCUT2D eigenvalue weighted by Gasteiger charge is -2.28. The van der Waals surface area contributed by atoms with Crippen LogP contribution in [0.3, 0.4) is 0 Å². The molecule has 1 amide bonds. The number of anilines is 2. The number of alkyl halides is 3. The first-order valence-corrected chi connectivity index (χ1v) is 8.97. The number of benzene rings is 2. The molecule has 0 atom stereocenters. The van der Waals surface area contributed by atoms with Crippen molar-refractivity contribution in [3.8, 4) is 0 Å². The van der Waals surface area contributed by atoms with Crippen molar-refractivity contribution in [3.63, 3.8) is 0 Å². The summed E-state index contributed by atoms with van der Waals surface area (Å²) < 4.78 is 43.4. The van der Waals surface area contributed by atoms with Crippen molar-refractivity contribution in [2.75, 3.05) is 43.1 Å². The number of hydrogen-bond donors (Lipinski definition) is 1. The molecule has 29 heavy (non-hydrogen) atoms. The van der Waals surface area contributed by atoms with Crippen molar-refractivity contribution in [1.29, 1.82) is 0 Å². The summed E-state index contributed by atoms with van der Waals surface area (Å²) in [4.78, 5) is 18.9. The fourth-order valence-corrected chi connectivity index (χ4v) is 2.76. The van der Waals surface area contributed by atoms with Crippen LogP contribution in [0.5, 0.6) is 0 Å². The van der Waals surface area contributed by atoms with E-state index in [0.717, 1.165) is 36.5 Å². The van der Waals surface area contributed by atoms with Crippen LogP contribution >= 0.6 is 0 Å². The Labute approximate surface area is 165 Å². The predicted molar refractivity (Wildman–Crippen MR) is 103 cm³/mol. The topological polar surface area (TPSA) is 63.2 Å². The Hall–Kier alpha value is -3.07. The predicted octanol–water partition coefficient (Wildman–Crippen LogP) is 3.53. The van der Waals surface area contributed by atoms with E-state index in [2.05, 4.69) is 15.4 Å². The number of nitrogens with zero attached hydrogens (tertiary/aromatic N) is 2. The average molecular weight is 407 g/mol. The quantitative estimate of drug-likeness (QED) is 0.588. The molecular formula is C20H20F3N3O3. The molecule has 0 radical (unpaired) electrons. The Balaban J connectivity index is 1.45. The highest BCUT2D eigenvalue weighted by molar-refractivity contribution is 5.91. The van der Waals surface area contributed by atoms with Gasteiger partial charge in [-0.2, -0.15) is 13.2 Å². The number of hydrogen-bond acceptors (Lipinski definition) is 5. The highest BCUT2D eigenvalue weighted by Crippen LogP contribution is 2.30. The van der Waals surface area contributed by atoms with E-state index in [1.807, 2.05) is 24.3 Å². The molecule has 1 aliphatic rings. The number of carbonyl (C=O) groups excluding carboxylic acids is 1. The maximum absolute atomic E-state index is 12.7. The number of morpholine rings is 1. The van der Waals surface area contributed by atoms with Crippen LogP contribution in [0.4, 0.5) is 24.5 Å². The summed E-state index contributed by atoms with van der Waals surface area (Å²) in [6.07, 6.45) is -3.01. The SMILES string of the molecule is O=C(CO/N=C/c1ccc(N2CCOCC2)cc1)Nc1cccc(C(F)(F)F)c1. The maximum Gasteiger partial charge on any atom is 0.416 e. The van der Waals surface area contributed by atoms with Gasteiger partial charge < -0.3 is 19.8 Å². The number of carbonyl (C=O) groups is 1. The lowest BCUT2D eigenvalue weighted by Crippen LogP contribution is -2.36. The van der Waals surface area contributed by atoms with E-state index in [-0.39, 0.29) is 5.69 Å². The van der Waals surface area contributed by atoms with Crippen molar-refractivity contribution >= 4 is 23.5 Å². The molecule has 154 valence electrons. The molecule has 1 N–H and O–H groups in total. The molecule has 0 unspecified atom stereocenters. The van der Waals surface area contributed by atoms with Gasteiger partial charge in [-0.3, -0.25) is 4.79 Å². The first kappa shape index (κ1) is 20.7. The Morgan fingerprint density at radius 2 is 1.90 bits per heavy atom. The maximum atomic E-state index is 12.7. The number of rotatable bonds is 6. The molecule has 2 aromatic rings. The van der Waals surface area contributed by atoms with Gasteiger partial charge in [-0.25, -0.2) is 0 Å². The monoisotopic (exact) mass is 407 g/mol. The van der Waals surface area contributed by atoms with Gasteiger partial charge in [0.1, 0.15) is 0 Å². The van der Waals surface area contributed by atoms with Crippen LogP contribution in [0.15, 0.2) is 53.7 Å². The lowest BCUT2D eigenvalue weighted by atomic mass is 10.2. The molecule has 1 aliphatic heterocycles. The fourth-order valence-electron chi connectivity index (χ4n) is 2.76. The minimum atomic E-state index is -4.47. The summed E-state index contributed by atoms with van der Waals surface area (Å²) in [5.74, 6) is -0.607. The number of ether oxygens (including phenoxy) is 1. The van der Waals surface area contributed by atoms with E-state index in [9.17, 15) is 18.0 Å². The van der Waals surface area contributed by atoms with E-state index in [1.165, 1.54) is 18.3 Å². The molecule has 0 bridgehead atoms. The molecule has 1 fully saturated rings. The Bertz CT molecular complexity index is 848. The van der Waals surface area contributed by atoms with Gasteiger partial charge in [0, 0.05) is 24.5 Å². The first-order valence-electron chi connectivity index (χ1n) is 8.97. The van der Waals surface area contributed by atoms with Crippen LogP contribution in [0.1, 0.15) is 11.1 Å². The van der Waals surface area contributed by atoms with Crippen molar-refractivity contribution in [2.45, 2.75) is 6.18 Å². The Kier molecular flexibility index (Phi) is 6.71. The molecule has 0 aromatic heterocycles. The molecular weight excluding hydrogens is 387 g/mol. The normalized spacial score (nSPS) is 14.8. The third kappa shape index (κ3) is 6.21. The molecule has 2 aromatic carbocycles. The molecule has 0 spiro atoms. The van der Waals surface area contributed by atoms with E-state index in [0.29, 0.717) is 13.2 Å². The van der Waals surface area contributed by atoms with Gasteiger partial charge in [0.05, 0.1) is 25.0 Å². The van der Waals surface area contributed by atoms with Crippen molar-refractivity contribution in [2.24, 2.45) is 5.16 Å². The van der Waals surface area contributed by atoms with Gasteiger partial charge in [0.25, 0.3) is 5.91 Å². The van der Waals surface area contributed by atoms with E-state index < -0.39 is 24.3 Å². The number of amides is 1. The highest BCUT2D eigenvalue weighted by Gasteiger charge is 2.30. The zero-order chi connectivity index (χ0) is 20.7. The van der Waals surface area contributed by atoms with Crippen molar-refractivity contribution in [3.05, 3.63) is 59.7 Å². The molecule has 1 heterocycles. The smallest absolute Gasteiger partial charge is 0.386 e. The summed E-state index contributed by atoms with van der Waals surface area (Å²) >= 11 is 0. The molecule has 6 nitrogen and oxygen atoms in total. The third-order valence-electron chi connectivity index (χ3n) is 4.21. The second kappa shape index (κ2) is 9.42. The zero-order valence-electron chi connectivity index (χ0n) is 15.5. The Morgan fingerprint density at radius 1 is 1.17 bits per heavy atom. The summed E-state index contributed by atoms with van der Waals surface area (Å²) in [7, 11) is 0. The molecule has 0 aliphatic carbocycles. The van der Waals surface area contributed by atoms with E-state index in [4.69, 9.17) is 9.57 Å². The second-order valence-electron chi connectivity index (χ2n) is 6.33. The van der Waals surface area contributed by atoms with Crippen LogP contribution in [0, 0.1) is 0 Å². The number of oxime groups is 1. The molecule has 9 heteroatoms. The zero-order valence-corrected chi connectivity index (χ0v) is 15.5. The van der Waals surface area contributed by atoms with Crippen molar-refractivity contribution in [1.82, 2.24) is 0 Å². The number of halogens is 3. The number of nitrogens with one attached hydrogen (secondary N) is 1.